The second-order valence-electron chi connectivity index (χ2n) is 4.86. The van der Waals surface area contributed by atoms with Crippen LogP contribution in [-0.4, -0.2) is 6.54 Å². The van der Waals surface area contributed by atoms with Gasteiger partial charge in [-0.1, -0.05) is 20.8 Å². The maximum Gasteiger partial charge on any atom is 0.0341 e. The molecule has 3 N–H and O–H groups in total. The molecule has 0 bridgehead atoms. The van der Waals surface area contributed by atoms with E-state index < -0.39 is 0 Å². The molecule has 0 fully saturated rings. The Balaban J connectivity index is 2.35. The van der Waals surface area contributed by atoms with Crippen LogP contribution in [0.3, 0.4) is 0 Å². The molecule has 0 saturated heterocycles. The Kier molecular flexibility index (Phi) is 3.39. The average molecular weight is 192 g/mol. The quantitative estimate of drug-likeness (QED) is 0.722. The highest BCUT2D eigenvalue weighted by Gasteiger charge is 2.08. The van der Waals surface area contributed by atoms with E-state index in [0.29, 0.717) is 5.41 Å². The minimum absolute atomic E-state index is 0.390. The third-order valence-corrected chi connectivity index (χ3v) is 2.11. The summed E-state index contributed by atoms with van der Waals surface area (Å²) in [6.45, 7) is 7.75. The summed E-state index contributed by atoms with van der Waals surface area (Å²) in [4.78, 5) is 0. The van der Waals surface area contributed by atoms with Gasteiger partial charge in [-0.3, -0.25) is 0 Å². The second-order valence-corrected chi connectivity index (χ2v) is 4.86. The van der Waals surface area contributed by atoms with Crippen LogP contribution in [-0.2, 0) is 0 Å². The molecule has 2 nitrogen and oxygen atoms in total. The summed E-state index contributed by atoms with van der Waals surface area (Å²) in [6.07, 6.45) is 1.16. The Bertz CT molecular complexity index is 269. The topological polar surface area (TPSA) is 38.0 Å². The number of rotatable bonds is 3. The number of nitrogens with two attached hydrogens (primary N) is 1. The molecule has 2 heteroatoms. The lowest BCUT2D eigenvalue weighted by molar-refractivity contribution is 0.390. The predicted molar refractivity (Wildman–Crippen MR) is 63.4 cm³/mol. The lowest BCUT2D eigenvalue weighted by Gasteiger charge is -2.18. The average Bonchev–Trinajstić information content (AvgIpc) is 2.06. The van der Waals surface area contributed by atoms with E-state index in [9.17, 15) is 0 Å². The van der Waals surface area contributed by atoms with Gasteiger partial charge in [0.15, 0.2) is 0 Å². The largest absolute Gasteiger partial charge is 0.399 e. The van der Waals surface area contributed by atoms with Crippen molar-refractivity contribution in [3.8, 4) is 0 Å². The van der Waals surface area contributed by atoms with Gasteiger partial charge in [-0.2, -0.15) is 0 Å². The van der Waals surface area contributed by atoms with Gasteiger partial charge < -0.3 is 11.1 Å². The van der Waals surface area contributed by atoms with Crippen molar-refractivity contribution in [2.75, 3.05) is 17.6 Å². The SMILES string of the molecule is CC(C)(C)CCNc1ccc(N)cc1. The van der Waals surface area contributed by atoms with E-state index in [1.165, 1.54) is 0 Å². The lowest BCUT2D eigenvalue weighted by atomic mass is 9.92. The van der Waals surface area contributed by atoms with Crippen molar-refractivity contribution in [2.45, 2.75) is 27.2 Å². The molecule has 0 atom stereocenters. The van der Waals surface area contributed by atoms with Crippen molar-refractivity contribution in [2.24, 2.45) is 5.41 Å². The zero-order chi connectivity index (χ0) is 10.6. The molecule has 1 aromatic rings. The predicted octanol–water partition coefficient (Wildman–Crippen LogP) is 3.12. The number of nitrogens with one attached hydrogen (secondary N) is 1. The summed E-state index contributed by atoms with van der Waals surface area (Å²) < 4.78 is 0. The van der Waals surface area contributed by atoms with Gasteiger partial charge >= 0.3 is 0 Å². The summed E-state index contributed by atoms with van der Waals surface area (Å²) in [5.74, 6) is 0. The number of benzene rings is 1. The van der Waals surface area contributed by atoms with Crippen molar-refractivity contribution in [3.63, 3.8) is 0 Å². The van der Waals surface area contributed by atoms with Crippen molar-refractivity contribution in [1.82, 2.24) is 0 Å². The third kappa shape index (κ3) is 4.17. The molecule has 78 valence electrons. The van der Waals surface area contributed by atoms with Crippen LogP contribution in [0, 0.1) is 5.41 Å². The highest BCUT2D eigenvalue weighted by atomic mass is 14.9. The van der Waals surface area contributed by atoms with Crippen LogP contribution in [0.15, 0.2) is 24.3 Å². The van der Waals surface area contributed by atoms with Gasteiger partial charge in [0.05, 0.1) is 0 Å². The second kappa shape index (κ2) is 4.36. The number of anilines is 2. The van der Waals surface area contributed by atoms with Crippen LogP contribution in [0.4, 0.5) is 11.4 Å². The molecule has 0 unspecified atom stereocenters. The van der Waals surface area contributed by atoms with E-state index >= 15 is 0 Å². The molecule has 0 saturated carbocycles. The first-order valence-corrected chi connectivity index (χ1v) is 5.07. The molecule has 0 heterocycles. The summed E-state index contributed by atoms with van der Waals surface area (Å²) >= 11 is 0. The maximum absolute atomic E-state index is 5.60. The Morgan fingerprint density at radius 3 is 2.21 bits per heavy atom. The molecular weight excluding hydrogens is 172 g/mol. The maximum atomic E-state index is 5.60. The van der Waals surface area contributed by atoms with E-state index in [2.05, 4.69) is 26.1 Å². The van der Waals surface area contributed by atoms with Crippen LogP contribution in [0.2, 0.25) is 0 Å². The smallest absolute Gasteiger partial charge is 0.0341 e. The lowest BCUT2D eigenvalue weighted by Crippen LogP contribution is -2.12. The summed E-state index contributed by atoms with van der Waals surface area (Å²) in [7, 11) is 0. The fourth-order valence-electron chi connectivity index (χ4n) is 1.18. The van der Waals surface area contributed by atoms with E-state index in [-0.39, 0.29) is 0 Å². The molecule has 0 spiro atoms. The summed E-state index contributed by atoms with van der Waals surface area (Å²) in [5.41, 5.74) is 7.94. The highest BCUT2D eigenvalue weighted by molar-refractivity contribution is 5.51. The van der Waals surface area contributed by atoms with Gasteiger partial charge in [-0.05, 0) is 36.1 Å². The van der Waals surface area contributed by atoms with Crippen molar-refractivity contribution >= 4 is 11.4 Å². The fraction of sp³-hybridized carbons (Fsp3) is 0.500. The first-order chi connectivity index (χ1) is 6.47. The van der Waals surface area contributed by atoms with Gasteiger partial charge in [0, 0.05) is 17.9 Å². The Morgan fingerprint density at radius 2 is 1.71 bits per heavy atom. The number of hydrogen-bond donors (Lipinski definition) is 2. The zero-order valence-electron chi connectivity index (χ0n) is 9.30. The molecule has 14 heavy (non-hydrogen) atoms. The molecule has 0 aromatic heterocycles. The molecule has 0 aliphatic heterocycles. The first-order valence-electron chi connectivity index (χ1n) is 5.07. The van der Waals surface area contributed by atoms with Crippen molar-refractivity contribution in [3.05, 3.63) is 24.3 Å². The Morgan fingerprint density at radius 1 is 1.14 bits per heavy atom. The molecule has 0 aliphatic carbocycles. The monoisotopic (exact) mass is 192 g/mol. The minimum atomic E-state index is 0.390. The minimum Gasteiger partial charge on any atom is -0.399 e. The van der Waals surface area contributed by atoms with Crippen LogP contribution >= 0.6 is 0 Å². The van der Waals surface area contributed by atoms with Crippen LogP contribution in [0.25, 0.3) is 0 Å². The van der Waals surface area contributed by atoms with Crippen LogP contribution < -0.4 is 11.1 Å². The van der Waals surface area contributed by atoms with Crippen LogP contribution in [0.5, 0.6) is 0 Å². The van der Waals surface area contributed by atoms with Gasteiger partial charge in [-0.15, -0.1) is 0 Å². The molecule has 1 aromatic carbocycles. The van der Waals surface area contributed by atoms with Crippen molar-refractivity contribution < 1.29 is 0 Å². The standard InChI is InChI=1S/C12H20N2/c1-12(2,3)8-9-14-11-6-4-10(13)5-7-11/h4-7,14H,8-9,13H2,1-3H3. The van der Waals surface area contributed by atoms with E-state index in [4.69, 9.17) is 5.73 Å². The Hall–Kier alpha value is -1.18. The Labute approximate surface area is 86.5 Å². The summed E-state index contributed by atoms with van der Waals surface area (Å²) in [5, 5.41) is 3.37. The highest BCUT2D eigenvalue weighted by Crippen LogP contribution is 2.18. The van der Waals surface area contributed by atoms with E-state index in [1.54, 1.807) is 0 Å². The van der Waals surface area contributed by atoms with E-state index in [0.717, 1.165) is 24.3 Å². The third-order valence-electron chi connectivity index (χ3n) is 2.11. The number of nitrogen functional groups attached to an aromatic ring is 1. The zero-order valence-corrected chi connectivity index (χ0v) is 9.30. The molecule has 0 radical (unpaired) electrons. The molecule has 1 rings (SSSR count). The van der Waals surface area contributed by atoms with Gasteiger partial charge in [0.25, 0.3) is 0 Å². The van der Waals surface area contributed by atoms with Gasteiger partial charge in [0.2, 0.25) is 0 Å². The van der Waals surface area contributed by atoms with Crippen LogP contribution in [0.1, 0.15) is 27.2 Å². The molecule has 0 amide bonds. The molecule has 0 aliphatic rings. The van der Waals surface area contributed by atoms with Gasteiger partial charge in [0.1, 0.15) is 0 Å². The molecular formula is C12H20N2. The first kappa shape index (κ1) is 10.9. The fourth-order valence-corrected chi connectivity index (χ4v) is 1.18. The van der Waals surface area contributed by atoms with Crippen molar-refractivity contribution in [1.29, 1.82) is 0 Å². The summed E-state index contributed by atoms with van der Waals surface area (Å²) in [6, 6.07) is 7.86. The van der Waals surface area contributed by atoms with Gasteiger partial charge in [-0.25, -0.2) is 0 Å². The normalized spacial score (nSPS) is 11.4. The number of hydrogen-bond acceptors (Lipinski definition) is 2. The van der Waals surface area contributed by atoms with E-state index in [1.807, 2.05) is 24.3 Å².